The van der Waals surface area contributed by atoms with Crippen molar-refractivity contribution >= 4 is 38.6 Å². The van der Waals surface area contributed by atoms with Crippen LogP contribution >= 0.6 is 27.5 Å². The van der Waals surface area contributed by atoms with Crippen LogP contribution in [0.15, 0.2) is 51.4 Å². The number of nitrogens with one attached hydrogen (secondary N) is 1. The van der Waals surface area contributed by atoms with Crippen molar-refractivity contribution in [1.29, 1.82) is 0 Å². The number of hydrogen-bond acceptors (Lipinski definition) is 2. The zero-order valence-corrected chi connectivity index (χ0v) is 15.5. The van der Waals surface area contributed by atoms with Crippen molar-refractivity contribution in [3.63, 3.8) is 0 Å². The number of aromatic nitrogens is 2. The Morgan fingerprint density at radius 2 is 1.83 bits per heavy atom. The van der Waals surface area contributed by atoms with Gasteiger partial charge in [0.15, 0.2) is 11.6 Å². The minimum absolute atomic E-state index is 0.640. The van der Waals surface area contributed by atoms with E-state index < -0.39 is 0 Å². The normalized spacial score (nSPS) is 11.3. The number of furan rings is 1. The summed E-state index contributed by atoms with van der Waals surface area (Å²) in [4.78, 5) is 8.01. The number of imidazole rings is 1. The number of hydrogen-bond donors (Lipinski definition) is 1. The standard InChI is InChI=1S/C19H14BrClN2O/c1-10-7-11(2)18-15(8-10)22-19(23-18)17-6-5-16(24-17)13-4-3-12(20)9-14(13)21/h3-9H,1-2H3,(H,22,23). The van der Waals surface area contributed by atoms with Gasteiger partial charge in [0, 0.05) is 10.0 Å². The van der Waals surface area contributed by atoms with Crippen LogP contribution in [0.3, 0.4) is 0 Å². The Morgan fingerprint density at radius 1 is 1.04 bits per heavy atom. The van der Waals surface area contributed by atoms with E-state index in [-0.39, 0.29) is 0 Å². The Kier molecular flexibility index (Phi) is 3.74. The van der Waals surface area contributed by atoms with E-state index in [1.807, 2.05) is 30.3 Å². The van der Waals surface area contributed by atoms with E-state index in [0.29, 0.717) is 10.8 Å². The minimum Gasteiger partial charge on any atom is -0.453 e. The maximum absolute atomic E-state index is 6.31. The lowest BCUT2D eigenvalue weighted by Gasteiger charge is -2.01. The molecule has 2 aromatic heterocycles. The highest BCUT2D eigenvalue weighted by Crippen LogP contribution is 2.34. The fourth-order valence-corrected chi connectivity index (χ4v) is 3.65. The van der Waals surface area contributed by atoms with E-state index in [4.69, 9.17) is 16.0 Å². The highest BCUT2D eigenvalue weighted by molar-refractivity contribution is 9.10. The molecule has 0 fully saturated rings. The maximum Gasteiger partial charge on any atom is 0.174 e. The molecular weight excluding hydrogens is 388 g/mol. The van der Waals surface area contributed by atoms with Crippen molar-refractivity contribution in [2.45, 2.75) is 13.8 Å². The second-order valence-electron chi connectivity index (χ2n) is 5.85. The number of fused-ring (bicyclic) bond motifs is 1. The van der Waals surface area contributed by atoms with E-state index in [1.165, 1.54) is 5.56 Å². The molecule has 0 aliphatic heterocycles. The number of rotatable bonds is 2. The number of aromatic amines is 1. The largest absolute Gasteiger partial charge is 0.453 e. The van der Waals surface area contributed by atoms with Crippen LogP contribution < -0.4 is 0 Å². The molecule has 24 heavy (non-hydrogen) atoms. The van der Waals surface area contributed by atoms with Gasteiger partial charge in [-0.2, -0.15) is 0 Å². The lowest BCUT2D eigenvalue weighted by atomic mass is 10.1. The maximum atomic E-state index is 6.31. The fraction of sp³-hybridized carbons (Fsp3) is 0.105. The van der Waals surface area contributed by atoms with E-state index >= 15 is 0 Å². The molecule has 1 N–H and O–H groups in total. The van der Waals surface area contributed by atoms with Crippen LogP contribution in [0.1, 0.15) is 11.1 Å². The third-order valence-corrected chi connectivity index (χ3v) is 4.76. The van der Waals surface area contributed by atoms with Gasteiger partial charge < -0.3 is 9.40 Å². The van der Waals surface area contributed by atoms with Gasteiger partial charge in [0.05, 0.1) is 16.1 Å². The molecule has 0 aliphatic carbocycles. The van der Waals surface area contributed by atoms with Crippen LogP contribution in [0.2, 0.25) is 5.02 Å². The van der Waals surface area contributed by atoms with Crippen LogP contribution in [-0.4, -0.2) is 9.97 Å². The number of aryl methyl sites for hydroxylation is 2. The van der Waals surface area contributed by atoms with Crippen molar-refractivity contribution in [2.24, 2.45) is 0 Å². The number of H-pyrrole nitrogens is 1. The monoisotopic (exact) mass is 400 g/mol. The molecule has 0 aliphatic rings. The van der Waals surface area contributed by atoms with Gasteiger partial charge in [-0.25, -0.2) is 4.98 Å². The Bertz CT molecular complexity index is 1060. The topological polar surface area (TPSA) is 41.8 Å². The molecule has 4 aromatic rings. The minimum atomic E-state index is 0.640. The lowest BCUT2D eigenvalue weighted by molar-refractivity contribution is 0.593. The summed E-state index contributed by atoms with van der Waals surface area (Å²) in [6.45, 7) is 4.14. The molecule has 0 atom stereocenters. The van der Waals surface area contributed by atoms with E-state index in [2.05, 4.69) is 51.9 Å². The summed E-state index contributed by atoms with van der Waals surface area (Å²) in [5.41, 5.74) is 5.19. The molecule has 2 aromatic carbocycles. The van der Waals surface area contributed by atoms with Gasteiger partial charge in [-0.1, -0.05) is 33.6 Å². The lowest BCUT2D eigenvalue weighted by Crippen LogP contribution is -1.79. The smallest absolute Gasteiger partial charge is 0.174 e. The fourth-order valence-electron chi connectivity index (χ4n) is 2.89. The van der Waals surface area contributed by atoms with Gasteiger partial charge >= 0.3 is 0 Å². The summed E-state index contributed by atoms with van der Waals surface area (Å²) in [6, 6.07) is 13.8. The molecule has 0 spiro atoms. The molecule has 0 unspecified atom stereocenters. The molecule has 0 saturated carbocycles. The quantitative estimate of drug-likeness (QED) is 0.415. The SMILES string of the molecule is Cc1cc(C)c2nc(-c3ccc(-c4ccc(Br)cc4Cl)o3)[nH]c2c1. The zero-order chi connectivity index (χ0) is 16.8. The predicted octanol–water partition coefficient (Wildman–Crippen LogP) is 6.52. The second-order valence-corrected chi connectivity index (χ2v) is 7.17. The Hall–Kier alpha value is -2.04. The van der Waals surface area contributed by atoms with E-state index in [9.17, 15) is 0 Å². The number of halogens is 2. The Balaban J connectivity index is 1.79. The predicted molar refractivity (Wildman–Crippen MR) is 101 cm³/mol. The molecule has 2 heterocycles. The van der Waals surface area contributed by atoms with Crippen molar-refractivity contribution in [3.8, 4) is 22.9 Å². The first-order valence-corrected chi connectivity index (χ1v) is 8.71. The van der Waals surface area contributed by atoms with Gasteiger partial charge in [-0.3, -0.25) is 0 Å². The summed E-state index contributed by atoms with van der Waals surface area (Å²) in [5.74, 6) is 2.13. The molecule has 0 saturated heterocycles. The average Bonchev–Trinajstić information content (AvgIpc) is 3.13. The molecule has 0 bridgehead atoms. The second kappa shape index (κ2) is 5.80. The summed E-state index contributed by atoms with van der Waals surface area (Å²) in [7, 11) is 0. The summed E-state index contributed by atoms with van der Waals surface area (Å²) in [6.07, 6.45) is 0. The Morgan fingerprint density at radius 3 is 2.62 bits per heavy atom. The summed E-state index contributed by atoms with van der Waals surface area (Å²) < 4.78 is 6.92. The Labute approximate surface area is 152 Å². The number of nitrogens with zero attached hydrogens (tertiary/aromatic N) is 1. The van der Waals surface area contributed by atoms with Crippen LogP contribution in [0.4, 0.5) is 0 Å². The summed E-state index contributed by atoms with van der Waals surface area (Å²) >= 11 is 9.72. The van der Waals surface area contributed by atoms with Crippen molar-refractivity contribution in [2.75, 3.05) is 0 Å². The van der Waals surface area contributed by atoms with Crippen molar-refractivity contribution < 1.29 is 4.42 Å². The molecule has 0 amide bonds. The van der Waals surface area contributed by atoms with Gasteiger partial charge in [0.1, 0.15) is 5.76 Å². The van der Waals surface area contributed by atoms with Crippen LogP contribution in [-0.2, 0) is 0 Å². The highest BCUT2D eigenvalue weighted by Gasteiger charge is 2.14. The molecule has 4 rings (SSSR count). The number of benzene rings is 2. The first-order valence-electron chi connectivity index (χ1n) is 7.54. The van der Waals surface area contributed by atoms with E-state index in [0.717, 1.165) is 38.2 Å². The van der Waals surface area contributed by atoms with E-state index in [1.54, 1.807) is 0 Å². The van der Waals surface area contributed by atoms with Gasteiger partial charge in [-0.15, -0.1) is 0 Å². The van der Waals surface area contributed by atoms with Crippen LogP contribution in [0, 0.1) is 13.8 Å². The summed E-state index contributed by atoms with van der Waals surface area (Å²) in [5, 5.41) is 0.640. The first kappa shape index (κ1) is 15.5. The molecule has 0 radical (unpaired) electrons. The van der Waals surface area contributed by atoms with Crippen molar-refractivity contribution in [1.82, 2.24) is 9.97 Å². The van der Waals surface area contributed by atoms with Gasteiger partial charge in [0.25, 0.3) is 0 Å². The third kappa shape index (κ3) is 2.66. The molecule has 3 nitrogen and oxygen atoms in total. The first-order chi connectivity index (χ1) is 11.5. The molecule has 120 valence electrons. The molecular formula is C19H14BrClN2O. The third-order valence-electron chi connectivity index (χ3n) is 3.96. The van der Waals surface area contributed by atoms with Crippen LogP contribution in [0.25, 0.3) is 33.9 Å². The van der Waals surface area contributed by atoms with Crippen LogP contribution in [0.5, 0.6) is 0 Å². The highest BCUT2D eigenvalue weighted by atomic mass is 79.9. The van der Waals surface area contributed by atoms with Gasteiger partial charge in [-0.05, 0) is 61.4 Å². The molecule has 5 heteroatoms. The van der Waals surface area contributed by atoms with Crippen molar-refractivity contribution in [3.05, 3.63) is 63.1 Å². The average molecular weight is 402 g/mol. The van der Waals surface area contributed by atoms with Gasteiger partial charge in [0.2, 0.25) is 0 Å². The zero-order valence-electron chi connectivity index (χ0n) is 13.2.